The quantitative estimate of drug-likeness (QED) is 0.665. The molecule has 3 rings (SSSR count). The lowest BCUT2D eigenvalue weighted by Crippen LogP contribution is -2.46. The van der Waals surface area contributed by atoms with Crippen molar-refractivity contribution in [3.05, 3.63) is 57.5 Å². The third-order valence-electron chi connectivity index (χ3n) is 4.97. The van der Waals surface area contributed by atoms with E-state index in [2.05, 4.69) is 10.1 Å². The molecule has 0 bridgehead atoms. The molecule has 0 aliphatic heterocycles. The number of aromatic nitrogens is 1. The van der Waals surface area contributed by atoms with Gasteiger partial charge in [0.1, 0.15) is 11.3 Å². The molecule has 0 saturated carbocycles. The summed E-state index contributed by atoms with van der Waals surface area (Å²) < 4.78 is 11.0. The van der Waals surface area contributed by atoms with Crippen molar-refractivity contribution in [1.29, 1.82) is 0 Å². The van der Waals surface area contributed by atoms with Crippen LogP contribution in [0.4, 0.5) is 0 Å². The molecule has 1 aromatic heterocycles. The predicted octanol–water partition coefficient (Wildman–Crippen LogP) is 0.629. The number of methoxy groups -OCH3 is 2. The van der Waals surface area contributed by atoms with Crippen LogP contribution in [0.5, 0.6) is 5.75 Å². The number of fused-ring (bicyclic) bond motifs is 1. The molecule has 2 N–H and O–H groups in total. The second-order valence-corrected chi connectivity index (χ2v) is 6.77. The van der Waals surface area contributed by atoms with E-state index in [0.29, 0.717) is 42.0 Å². The molecule has 9 nitrogen and oxygen atoms in total. The van der Waals surface area contributed by atoms with Crippen LogP contribution in [0.3, 0.4) is 0 Å². The number of hydrogen-bond acceptors (Lipinski definition) is 7. The third-order valence-corrected chi connectivity index (χ3v) is 4.97. The fraction of sp³-hybridized carbons (Fsp3) is 0.333. The van der Waals surface area contributed by atoms with Gasteiger partial charge in [0.15, 0.2) is 11.8 Å². The standard InChI is InChI=1S/C21H22N2O7/c1-29-13-8-6-12(7-9-13)23-17-4-3-5-18(25)14(17)10-15(20(23)27)19(26)22-16(11-24)21(28)30-2/h6-10,16,24H,3-5,11H2,1-2H3,(H,22,26). The summed E-state index contributed by atoms with van der Waals surface area (Å²) in [6.45, 7) is -0.699. The Balaban J connectivity index is 2.14. The zero-order chi connectivity index (χ0) is 21.8. The van der Waals surface area contributed by atoms with Crippen LogP contribution in [0, 0.1) is 0 Å². The minimum absolute atomic E-state index is 0.167. The maximum Gasteiger partial charge on any atom is 0.330 e. The number of ether oxygens (including phenoxy) is 2. The normalized spacial score (nSPS) is 13.9. The number of Topliss-reactive ketones (excluding diaryl/α,β-unsaturated/α-hetero) is 1. The van der Waals surface area contributed by atoms with E-state index in [1.807, 2.05) is 0 Å². The summed E-state index contributed by atoms with van der Waals surface area (Å²) in [6.07, 6.45) is 1.42. The summed E-state index contributed by atoms with van der Waals surface area (Å²) >= 11 is 0. The molecule has 0 radical (unpaired) electrons. The van der Waals surface area contributed by atoms with E-state index in [-0.39, 0.29) is 11.3 Å². The number of carbonyl (C=O) groups is 3. The van der Waals surface area contributed by atoms with Crippen molar-refractivity contribution >= 4 is 17.7 Å². The third kappa shape index (κ3) is 3.97. The van der Waals surface area contributed by atoms with Crippen molar-refractivity contribution in [2.24, 2.45) is 0 Å². The first-order valence-electron chi connectivity index (χ1n) is 9.37. The van der Waals surface area contributed by atoms with Gasteiger partial charge < -0.3 is 19.9 Å². The van der Waals surface area contributed by atoms with Gasteiger partial charge in [-0.1, -0.05) is 0 Å². The highest BCUT2D eigenvalue weighted by Gasteiger charge is 2.28. The van der Waals surface area contributed by atoms with E-state index >= 15 is 0 Å². The number of benzene rings is 1. The number of nitrogens with one attached hydrogen (secondary N) is 1. The monoisotopic (exact) mass is 414 g/mol. The fourth-order valence-electron chi connectivity index (χ4n) is 3.42. The summed E-state index contributed by atoms with van der Waals surface area (Å²) in [4.78, 5) is 50.2. The van der Waals surface area contributed by atoms with Gasteiger partial charge in [0.25, 0.3) is 11.5 Å². The molecule has 1 aromatic carbocycles. The Morgan fingerprint density at radius 3 is 2.47 bits per heavy atom. The van der Waals surface area contributed by atoms with Crippen molar-refractivity contribution in [3.8, 4) is 11.4 Å². The number of carbonyl (C=O) groups excluding carboxylic acids is 3. The number of amides is 1. The van der Waals surface area contributed by atoms with Gasteiger partial charge in [0.2, 0.25) is 0 Å². The van der Waals surface area contributed by atoms with Gasteiger partial charge in [-0.2, -0.15) is 0 Å². The maximum atomic E-state index is 13.2. The van der Waals surface area contributed by atoms with Gasteiger partial charge in [-0.25, -0.2) is 4.79 Å². The molecule has 158 valence electrons. The highest BCUT2D eigenvalue weighted by atomic mass is 16.5. The molecule has 0 fully saturated rings. The number of aliphatic hydroxyl groups is 1. The van der Waals surface area contributed by atoms with Crippen LogP contribution in [0.1, 0.15) is 39.3 Å². The zero-order valence-electron chi connectivity index (χ0n) is 16.6. The Kier molecular flexibility index (Phi) is 6.31. The lowest BCUT2D eigenvalue weighted by molar-refractivity contribution is -0.143. The molecule has 0 spiro atoms. The molecule has 1 unspecified atom stereocenters. The van der Waals surface area contributed by atoms with E-state index in [9.17, 15) is 24.3 Å². The fourth-order valence-corrected chi connectivity index (χ4v) is 3.42. The summed E-state index contributed by atoms with van der Waals surface area (Å²) in [5.41, 5.74) is 0.369. The van der Waals surface area contributed by atoms with Crippen molar-refractivity contribution in [1.82, 2.24) is 9.88 Å². The van der Waals surface area contributed by atoms with Crippen LogP contribution >= 0.6 is 0 Å². The highest BCUT2D eigenvalue weighted by molar-refractivity contribution is 6.02. The smallest absolute Gasteiger partial charge is 0.330 e. The maximum absolute atomic E-state index is 13.2. The average Bonchev–Trinajstić information content (AvgIpc) is 2.76. The van der Waals surface area contributed by atoms with Gasteiger partial charge in [-0.3, -0.25) is 19.0 Å². The van der Waals surface area contributed by atoms with Crippen molar-refractivity contribution in [2.75, 3.05) is 20.8 Å². The van der Waals surface area contributed by atoms with Crippen LogP contribution < -0.4 is 15.6 Å². The number of ketones is 1. The Bertz CT molecular complexity index is 1040. The Hall–Kier alpha value is -3.46. The number of rotatable bonds is 6. The Morgan fingerprint density at radius 2 is 1.87 bits per heavy atom. The number of hydrogen-bond donors (Lipinski definition) is 2. The van der Waals surface area contributed by atoms with Gasteiger partial charge in [0.05, 0.1) is 20.8 Å². The molecule has 1 atom stereocenters. The van der Waals surface area contributed by atoms with Gasteiger partial charge in [0, 0.05) is 23.4 Å². The topological polar surface area (TPSA) is 124 Å². The predicted molar refractivity (Wildman–Crippen MR) is 106 cm³/mol. The van der Waals surface area contributed by atoms with Gasteiger partial charge in [-0.15, -0.1) is 0 Å². The lowest BCUT2D eigenvalue weighted by Gasteiger charge is -2.22. The summed E-state index contributed by atoms with van der Waals surface area (Å²) in [5.74, 6) is -1.31. The largest absolute Gasteiger partial charge is 0.497 e. The number of nitrogens with zero attached hydrogens (tertiary/aromatic N) is 1. The second-order valence-electron chi connectivity index (χ2n) is 6.77. The van der Waals surface area contributed by atoms with Crippen LogP contribution in [0.25, 0.3) is 5.69 Å². The molecule has 30 heavy (non-hydrogen) atoms. The second kappa shape index (κ2) is 8.91. The lowest BCUT2D eigenvalue weighted by atomic mass is 9.92. The van der Waals surface area contributed by atoms with Crippen LogP contribution in [0.15, 0.2) is 35.1 Å². The van der Waals surface area contributed by atoms with E-state index in [0.717, 1.165) is 7.11 Å². The number of esters is 1. The molecular formula is C21H22N2O7. The summed E-state index contributed by atoms with van der Waals surface area (Å²) in [5, 5.41) is 11.6. The minimum atomic E-state index is -1.33. The molecule has 0 saturated heterocycles. The number of pyridine rings is 1. The summed E-state index contributed by atoms with van der Waals surface area (Å²) in [6, 6.07) is 6.59. The molecule has 1 aliphatic carbocycles. The SMILES string of the molecule is COC(=O)C(CO)NC(=O)c1cc2c(n(-c3ccc(OC)cc3)c1=O)CCCC2=O. The first kappa shape index (κ1) is 21.3. The van der Waals surface area contributed by atoms with E-state index in [1.54, 1.807) is 24.3 Å². The average molecular weight is 414 g/mol. The van der Waals surface area contributed by atoms with E-state index in [4.69, 9.17) is 4.74 Å². The van der Waals surface area contributed by atoms with Crippen molar-refractivity contribution in [3.63, 3.8) is 0 Å². The first-order chi connectivity index (χ1) is 14.4. The van der Waals surface area contributed by atoms with Crippen LogP contribution in [-0.4, -0.2) is 54.2 Å². The summed E-state index contributed by atoms with van der Waals surface area (Å²) in [7, 11) is 2.64. The van der Waals surface area contributed by atoms with Crippen LogP contribution in [0.2, 0.25) is 0 Å². The molecule has 2 aromatic rings. The van der Waals surface area contributed by atoms with E-state index < -0.39 is 30.1 Å². The molecule has 1 aliphatic rings. The van der Waals surface area contributed by atoms with Gasteiger partial charge in [-0.05, 0) is 43.2 Å². The Labute approximate surface area is 172 Å². The van der Waals surface area contributed by atoms with Crippen molar-refractivity contribution in [2.45, 2.75) is 25.3 Å². The van der Waals surface area contributed by atoms with Gasteiger partial charge >= 0.3 is 5.97 Å². The zero-order valence-corrected chi connectivity index (χ0v) is 16.6. The highest BCUT2D eigenvalue weighted by Crippen LogP contribution is 2.24. The minimum Gasteiger partial charge on any atom is -0.497 e. The molecule has 9 heteroatoms. The first-order valence-corrected chi connectivity index (χ1v) is 9.37. The molecular weight excluding hydrogens is 392 g/mol. The van der Waals surface area contributed by atoms with Crippen LogP contribution in [-0.2, 0) is 16.0 Å². The molecule has 1 amide bonds. The Morgan fingerprint density at radius 1 is 1.17 bits per heavy atom. The van der Waals surface area contributed by atoms with E-state index in [1.165, 1.54) is 17.7 Å². The van der Waals surface area contributed by atoms with Crippen molar-refractivity contribution < 1.29 is 29.0 Å². The molecule has 1 heterocycles. The number of aliphatic hydroxyl groups excluding tert-OH is 1.